The molecule has 1 aromatic carbocycles. The highest BCUT2D eigenvalue weighted by Crippen LogP contribution is 2.28. The van der Waals surface area contributed by atoms with Crippen molar-refractivity contribution in [1.29, 1.82) is 0 Å². The molecular weight excluding hydrogens is 287 g/mol. The number of allylic oxidation sites excluding steroid dienone is 6. The van der Waals surface area contributed by atoms with E-state index in [1.165, 1.54) is 17.2 Å². The maximum Gasteiger partial charge on any atom is 0.221 e. The van der Waals surface area contributed by atoms with E-state index in [4.69, 9.17) is 0 Å². The van der Waals surface area contributed by atoms with Gasteiger partial charge in [0.1, 0.15) is 0 Å². The van der Waals surface area contributed by atoms with Crippen LogP contribution < -0.4 is 0 Å². The Morgan fingerprint density at radius 2 is 2.00 bits per heavy atom. The molecule has 1 nitrogen and oxygen atoms in total. The van der Waals surface area contributed by atoms with Gasteiger partial charge in [-0.2, -0.15) is 0 Å². The van der Waals surface area contributed by atoms with Gasteiger partial charge in [-0.15, -0.1) is 0 Å². The van der Waals surface area contributed by atoms with E-state index in [2.05, 4.69) is 26.0 Å². The molecule has 122 valence electrons. The average molecular weight is 312 g/mol. The SMILES string of the molecule is CC(C)=CCCC1=CCC(/C=C(\F)C(=O)c2ccccc2)CC1. The predicted molar refractivity (Wildman–Crippen MR) is 94.1 cm³/mol. The molecule has 1 unspecified atom stereocenters. The Kier molecular flexibility index (Phi) is 6.52. The third kappa shape index (κ3) is 5.63. The molecule has 1 aliphatic carbocycles. The highest BCUT2D eigenvalue weighted by molar-refractivity contribution is 6.07. The van der Waals surface area contributed by atoms with Crippen molar-refractivity contribution in [3.8, 4) is 0 Å². The van der Waals surface area contributed by atoms with Crippen LogP contribution in [0.15, 0.2) is 65.5 Å². The van der Waals surface area contributed by atoms with Gasteiger partial charge in [-0.1, -0.05) is 53.6 Å². The highest BCUT2D eigenvalue weighted by atomic mass is 19.1. The molecule has 23 heavy (non-hydrogen) atoms. The number of carbonyl (C=O) groups is 1. The predicted octanol–water partition coefficient (Wildman–Crippen LogP) is 6.20. The third-order valence-corrected chi connectivity index (χ3v) is 4.20. The van der Waals surface area contributed by atoms with Gasteiger partial charge in [-0.3, -0.25) is 4.79 Å². The largest absolute Gasteiger partial charge is 0.286 e. The average Bonchev–Trinajstić information content (AvgIpc) is 2.56. The van der Waals surface area contributed by atoms with Crippen molar-refractivity contribution in [2.24, 2.45) is 5.92 Å². The van der Waals surface area contributed by atoms with Crippen LogP contribution in [-0.2, 0) is 0 Å². The van der Waals surface area contributed by atoms with Crippen LogP contribution >= 0.6 is 0 Å². The van der Waals surface area contributed by atoms with E-state index in [1.807, 2.05) is 6.07 Å². The van der Waals surface area contributed by atoms with E-state index in [-0.39, 0.29) is 5.92 Å². The summed E-state index contributed by atoms with van der Waals surface area (Å²) < 4.78 is 14.1. The minimum atomic E-state index is -0.623. The standard InChI is InChI=1S/C21H25FO/c1-16(2)7-6-8-17-11-13-18(14-12-17)15-20(22)21(23)19-9-4-3-5-10-19/h3-5,7,9-11,15,18H,6,8,12-14H2,1-2H3/b20-15-. The zero-order chi connectivity index (χ0) is 16.7. The molecule has 0 radical (unpaired) electrons. The van der Waals surface area contributed by atoms with Crippen LogP contribution in [0.2, 0.25) is 0 Å². The summed E-state index contributed by atoms with van der Waals surface area (Å²) in [4.78, 5) is 12.0. The lowest BCUT2D eigenvalue weighted by Crippen LogP contribution is -2.07. The zero-order valence-corrected chi connectivity index (χ0v) is 14.0. The van der Waals surface area contributed by atoms with Gasteiger partial charge in [0.2, 0.25) is 5.78 Å². The van der Waals surface area contributed by atoms with E-state index >= 15 is 0 Å². The molecule has 0 spiro atoms. The van der Waals surface area contributed by atoms with Gasteiger partial charge in [-0.25, -0.2) is 4.39 Å². The molecule has 0 aliphatic heterocycles. The van der Waals surface area contributed by atoms with Gasteiger partial charge < -0.3 is 0 Å². The van der Waals surface area contributed by atoms with Crippen LogP contribution in [0.25, 0.3) is 0 Å². The van der Waals surface area contributed by atoms with Gasteiger partial charge in [-0.05, 0) is 57.9 Å². The van der Waals surface area contributed by atoms with Crippen molar-refractivity contribution < 1.29 is 9.18 Å². The van der Waals surface area contributed by atoms with Gasteiger partial charge in [0.15, 0.2) is 5.83 Å². The van der Waals surface area contributed by atoms with Crippen LogP contribution in [0.1, 0.15) is 56.3 Å². The first-order chi connectivity index (χ1) is 11.1. The summed E-state index contributed by atoms with van der Waals surface area (Å²) in [6, 6.07) is 8.63. The van der Waals surface area contributed by atoms with E-state index in [9.17, 15) is 9.18 Å². The van der Waals surface area contributed by atoms with Crippen LogP contribution in [-0.4, -0.2) is 5.78 Å². The second-order valence-electron chi connectivity index (χ2n) is 6.43. The number of rotatable bonds is 6. The maximum absolute atomic E-state index is 14.1. The van der Waals surface area contributed by atoms with Gasteiger partial charge in [0, 0.05) is 5.56 Å². The van der Waals surface area contributed by atoms with Crippen LogP contribution in [0.3, 0.4) is 0 Å². The molecule has 1 aliphatic rings. The van der Waals surface area contributed by atoms with E-state index < -0.39 is 11.6 Å². The summed E-state index contributed by atoms with van der Waals surface area (Å²) in [6.45, 7) is 4.23. The number of halogens is 1. The van der Waals surface area contributed by atoms with Crippen LogP contribution in [0.5, 0.6) is 0 Å². The summed E-state index contributed by atoms with van der Waals surface area (Å²) in [5.41, 5.74) is 3.22. The van der Waals surface area contributed by atoms with E-state index in [0.717, 1.165) is 32.1 Å². The van der Waals surface area contributed by atoms with Crippen molar-refractivity contribution in [2.45, 2.75) is 46.0 Å². The molecule has 0 heterocycles. The van der Waals surface area contributed by atoms with Crippen LogP contribution in [0, 0.1) is 5.92 Å². The molecule has 0 fully saturated rings. The first-order valence-electron chi connectivity index (χ1n) is 8.34. The summed E-state index contributed by atoms with van der Waals surface area (Å²) in [6.07, 6.45) is 10.9. The Bertz CT molecular complexity index is 619. The fourth-order valence-corrected chi connectivity index (χ4v) is 2.84. The Hall–Kier alpha value is -1.96. The quantitative estimate of drug-likeness (QED) is 0.347. The molecule has 0 saturated carbocycles. The molecule has 1 atom stereocenters. The number of Topliss-reactive ketones (excluding diaryl/α,β-unsaturated/α-hetero) is 1. The van der Waals surface area contributed by atoms with E-state index in [0.29, 0.717) is 5.56 Å². The normalized spacial score (nSPS) is 18.3. The third-order valence-electron chi connectivity index (χ3n) is 4.20. The lowest BCUT2D eigenvalue weighted by atomic mass is 9.87. The summed E-state index contributed by atoms with van der Waals surface area (Å²) in [7, 11) is 0. The smallest absolute Gasteiger partial charge is 0.221 e. The number of hydrogen-bond acceptors (Lipinski definition) is 1. The zero-order valence-electron chi connectivity index (χ0n) is 14.0. The molecule has 0 bridgehead atoms. The van der Waals surface area contributed by atoms with Gasteiger partial charge >= 0.3 is 0 Å². The lowest BCUT2D eigenvalue weighted by Gasteiger charge is -2.19. The summed E-state index contributed by atoms with van der Waals surface area (Å²) >= 11 is 0. The first kappa shape index (κ1) is 17.4. The molecule has 2 rings (SSSR count). The highest BCUT2D eigenvalue weighted by Gasteiger charge is 2.17. The number of hydrogen-bond donors (Lipinski definition) is 0. The fraction of sp³-hybridized carbons (Fsp3) is 0.381. The molecule has 0 saturated heterocycles. The molecule has 0 aromatic heterocycles. The number of ketones is 1. The lowest BCUT2D eigenvalue weighted by molar-refractivity contribution is 0.100. The van der Waals surface area contributed by atoms with Gasteiger partial charge in [0.25, 0.3) is 0 Å². The molecule has 1 aromatic rings. The molecular formula is C21H25FO. The van der Waals surface area contributed by atoms with E-state index in [1.54, 1.807) is 24.3 Å². The minimum Gasteiger partial charge on any atom is -0.286 e. The summed E-state index contributed by atoms with van der Waals surface area (Å²) in [5, 5.41) is 0. The first-order valence-corrected chi connectivity index (χ1v) is 8.34. The van der Waals surface area contributed by atoms with Crippen molar-refractivity contribution in [3.05, 3.63) is 71.1 Å². The summed E-state index contributed by atoms with van der Waals surface area (Å²) in [5.74, 6) is -0.999. The maximum atomic E-state index is 14.1. The monoisotopic (exact) mass is 312 g/mol. The second-order valence-corrected chi connectivity index (χ2v) is 6.43. The topological polar surface area (TPSA) is 17.1 Å². The Balaban J connectivity index is 1.90. The molecule has 0 N–H and O–H groups in total. The van der Waals surface area contributed by atoms with Crippen molar-refractivity contribution >= 4 is 5.78 Å². The Labute approximate surface area is 138 Å². The van der Waals surface area contributed by atoms with Gasteiger partial charge in [0.05, 0.1) is 0 Å². The second kappa shape index (κ2) is 8.61. The fourth-order valence-electron chi connectivity index (χ4n) is 2.84. The Morgan fingerprint density at radius 3 is 2.61 bits per heavy atom. The van der Waals surface area contributed by atoms with Crippen molar-refractivity contribution in [2.75, 3.05) is 0 Å². The number of carbonyl (C=O) groups excluding carboxylic acids is 1. The van der Waals surface area contributed by atoms with Crippen molar-refractivity contribution in [3.63, 3.8) is 0 Å². The molecule has 2 heteroatoms. The number of benzene rings is 1. The van der Waals surface area contributed by atoms with Crippen LogP contribution in [0.4, 0.5) is 4.39 Å². The molecule has 0 amide bonds. The minimum absolute atomic E-state index is 0.134. The Morgan fingerprint density at radius 1 is 1.26 bits per heavy atom. The van der Waals surface area contributed by atoms with Crippen molar-refractivity contribution in [1.82, 2.24) is 0 Å².